The number of benzene rings is 1. The molecule has 1 fully saturated rings. The van der Waals surface area contributed by atoms with Gasteiger partial charge in [-0.2, -0.15) is 0 Å². The lowest BCUT2D eigenvalue weighted by atomic mass is 10.1. The van der Waals surface area contributed by atoms with Crippen LogP contribution in [0.2, 0.25) is 0 Å². The number of imide groups is 2. The average Bonchev–Trinajstić information content (AvgIpc) is 2.84. The van der Waals surface area contributed by atoms with E-state index in [1.165, 1.54) is 6.08 Å². The summed E-state index contributed by atoms with van der Waals surface area (Å²) in [7, 11) is 0. The van der Waals surface area contributed by atoms with E-state index in [1.54, 1.807) is 0 Å². The second-order valence-electron chi connectivity index (χ2n) is 4.92. The SMILES string of the molecule is Cc1cc(C=C2C(=O)NC(=O)NC2=O)cn1-c1ccccc1. The van der Waals surface area contributed by atoms with Crippen molar-refractivity contribution >= 4 is 23.9 Å². The van der Waals surface area contributed by atoms with Crippen LogP contribution in [0.25, 0.3) is 11.8 Å². The average molecular weight is 295 g/mol. The molecule has 0 unspecified atom stereocenters. The van der Waals surface area contributed by atoms with Crippen molar-refractivity contribution in [3.63, 3.8) is 0 Å². The number of nitrogens with zero attached hydrogens (tertiary/aromatic N) is 1. The number of rotatable bonds is 2. The first-order valence-electron chi connectivity index (χ1n) is 6.67. The molecule has 0 aliphatic carbocycles. The summed E-state index contributed by atoms with van der Waals surface area (Å²) in [6.45, 7) is 1.93. The molecule has 0 bridgehead atoms. The number of barbiturate groups is 1. The van der Waals surface area contributed by atoms with E-state index in [0.717, 1.165) is 11.4 Å². The Morgan fingerprint density at radius 2 is 1.64 bits per heavy atom. The molecular weight excluding hydrogens is 282 g/mol. The standard InChI is InChI=1S/C16H13N3O3/c1-10-7-11(9-19(10)12-5-3-2-4-6-12)8-13-14(20)17-16(22)18-15(13)21/h2-9H,1H3,(H2,17,18,20,21,22). The fourth-order valence-corrected chi connectivity index (χ4v) is 2.32. The van der Waals surface area contributed by atoms with Crippen molar-refractivity contribution < 1.29 is 14.4 Å². The molecule has 6 heteroatoms. The molecule has 3 rings (SSSR count). The number of aryl methyl sites for hydroxylation is 1. The maximum absolute atomic E-state index is 11.7. The van der Waals surface area contributed by atoms with Crippen LogP contribution in [0.3, 0.4) is 0 Å². The topological polar surface area (TPSA) is 80.2 Å². The minimum Gasteiger partial charge on any atom is -0.321 e. The van der Waals surface area contributed by atoms with E-state index in [4.69, 9.17) is 0 Å². The Kier molecular flexibility index (Phi) is 3.34. The molecule has 2 heterocycles. The lowest BCUT2D eigenvalue weighted by molar-refractivity contribution is -0.123. The second kappa shape index (κ2) is 5.33. The van der Waals surface area contributed by atoms with Gasteiger partial charge in [-0.1, -0.05) is 18.2 Å². The number of carbonyl (C=O) groups is 3. The largest absolute Gasteiger partial charge is 0.328 e. The van der Waals surface area contributed by atoms with Gasteiger partial charge in [-0.15, -0.1) is 0 Å². The molecule has 2 aromatic rings. The normalized spacial score (nSPS) is 14.6. The summed E-state index contributed by atoms with van der Waals surface area (Å²) in [6.07, 6.45) is 3.29. The summed E-state index contributed by atoms with van der Waals surface area (Å²) in [4.78, 5) is 34.5. The molecule has 6 nitrogen and oxygen atoms in total. The maximum atomic E-state index is 11.7. The molecule has 22 heavy (non-hydrogen) atoms. The predicted octanol–water partition coefficient (Wildman–Crippen LogP) is 1.54. The molecule has 1 aliphatic heterocycles. The molecule has 0 radical (unpaired) electrons. The lowest BCUT2D eigenvalue weighted by Crippen LogP contribution is -2.51. The third-order valence-corrected chi connectivity index (χ3v) is 3.32. The van der Waals surface area contributed by atoms with Gasteiger partial charge >= 0.3 is 6.03 Å². The zero-order chi connectivity index (χ0) is 15.7. The molecular formula is C16H13N3O3. The number of hydrogen-bond acceptors (Lipinski definition) is 3. The van der Waals surface area contributed by atoms with E-state index in [-0.39, 0.29) is 5.57 Å². The summed E-state index contributed by atoms with van der Waals surface area (Å²) in [5.41, 5.74) is 2.56. The summed E-state index contributed by atoms with van der Waals surface area (Å²) in [6, 6.07) is 10.8. The van der Waals surface area contributed by atoms with Crippen LogP contribution in [0.1, 0.15) is 11.3 Å². The van der Waals surface area contributed by atoms with Crippen molar-refractivity contribution in [2.45, 2.75) is 6.92 Å². The van der Waals surface area contributed by atoms with Crippen LogP contribution in [-0.2, 0) is 9.59 Å². The van der Waals surface area contributed by atoms with Gasteiger partial charge in [-0.05, 0) is 36.8 Å². The molecule has 4 amide bonds. The molecule has 2 N–H and O–H groups in total. The van der Waals surface area contributed by atoms with Gasteiger partial charge in [0.1, 0.15) is 5.57 Å². The van der Waals surface area contributed by atoms with Gasteiger partial charge in [0.25, 0.3) is 11.8 Å². The van der Waals surface area contributed by atoms with Crippen molar-refractivity contribution in [1.82, 2.24) is 15.2 Å². The fourth-order valence-electron chi connectivity index (χ4n) is 2.32. The van der Waals surface area contributed by atoms with E-state index in [0.29, 0.717) is 5.56 Å². The molecule has 0 spiro atoms. The zero-order valence-electron chi connectivity index (χ0n) is 11.8. The molecule has 1 aromatic heterocycles. The number of hydrogen-bond donors (Lipinski definition) is 2. The third-order valence-electron chi connectivity index (χ3n) is 3.32. The van der Waals surface area contributed by atoms with E-state index < -0.39 is 17.8 Å². The Morgan fingerprint density at radius 1 is 1.00 bits per heavy atom. The number of amides is 4. The summed E-state index contributed by atoms with van der Waals surface area (Å²) >= 11 is 0. The van der Waals surface area contributed by atoms with Gasteiger partial charge in [0, 0.05) is 17.6 Å². The van der Waals surface area contributed by atoms with E-state index in [1.807, 2.05) is 64.7 Å². The van der Waals surface area contributed by atoms with Gasteiger partial charge in [0.15, 0.2) is 0 Å². The summed E-state index contributed by atoms with van der Waals surface area (Å²) < 4.78 is 1.95. The molecule has 0 atom stereocenters. The van der Waals surface area contributed by atoms with E-state index >= 15 is 0 Å². The molecule has 1 aliphatic rings. The summed E-state index contributed by atoms with van der Waals surface area (Å²) in [5.74, 6) is -1.39. The third kappa shape index (κ3) is 2.54. The Labute approximate surface area is 126 Å². The van der Waals surface area contributed by atoms with Crippen LogP contribution in [0.5, 0.6) is 0 Å². The van der Waals surface area contributed by atoms with Crippen LogP contribution >= 0.6 is 0 Å². The lowest BCUT2D eigenvalue weighted by Gasteiger charge is -2.13. The van der Waals surface area contributed by atoms with Crippen molar-refractivity contribution in [3.8, 4) is 5.69 Å². The van der Waals surface area contributed by atoms with Crippen molar-refractivity contribution in [3.05, 3.63) is 59.4 Å². The smallest absolute Gasteiger partial charge is 0.321 e. The first-order valence-corrected chi connectivity index (χ1v) is 6.67. The van der Waals surface area contributed by atoms with Crippen LogP contribution in [0.4, 0.5) is 4.79 Å². The van der Waals surface area contributed by atoms with Crippen LogP contribution in [-0.4, -0.2) is 22.4 Å². The van der Waals surface area contributed by atoms with Crippen molar-refractivity contribution in [2.24, 2.45) is 0 Å². The van der Waals surface area contributed by atoms with Gasteiger partial charge in [0.05, 0.1) is 0 Å². The van der Waals surface area contributed by atoms with Gasteiger partial charge in [-0.3, -0.25) is 20.2 Å². The van der Waals surface area contributed by atoms with Crippen LogP contribution in [0.15, 0.2) is 48.2 Å². The molecule has 110 valence electrons. The highest BCUT2D eigenvalue weighted by Gasteiger charge is 2.27. The fraction of sp³-hybridized carbons (Fsp3) is 0.0625. The first kappa shape index (κ1) is 13.8. The maximum Gasteiger partial charge on any atom is 0.328 e. The van der Waals surface area contributed by atoms with Crippen molar-refractivity contribution in [2.75, 3.05) is 0 Å². The molecule has 1 saturated heterocycles. The number of nitrogens with one attached hydrogen (secondary N) is 2. The predicted molar refractivity (Wildman–Crippen MR) is 80.2 cm³/mol. The Balaban J connectivity index is 1.97. The van der Waals surface area contributed by atoms with Gasteiger partial charge < -0.3 is 4.57 Å². The monoisotopic (exact) mass is 295 g/mol. The Hall–Kier alpha value is -3.15. The second-order valence-corrected chi connectivity index (χ2v) is 4.92. The highest BCUT2D eigenvalue weighted by Crippen LogP contribution is 2.18. The minimum atomic E-state index is -0.801. The van der Waals surface area contributed by atoms with E-state index in [9.17, 15) is 14.4 Å². The number of carbonyl (C=O) groups excluding carboxylic acids is 3. The quantitative estimate of drug-likeness (QED) is 0.651. The number of urea groups is 1. The minimum absolute atomic E-state index is 0.0928. The Morgan fingerprint density at radius 3 is 2.27 bits per heavy atom. The van der Waals surface area contributed by atoms with Gasteiger partial charge in [0.2, 0.25) is 0 Å². The highest BCUT2D eigenvalue weighted by molar-refractivity contribution is 6.31. The highest BCUT2D eigenvalue weighted by atomic mass is 16.2. The molecule has 0 saturated carbocycles. The first-order chi connectivity index (χ1) is 10.5. The summed E-state index contributed by atoms with van der Waals surface area (Å²) in [5, 5.41) is 4.10. The van der Waals surface area contributed by atoms with E-state index in [2.05, 4.69) is 0 Å². The molecule has 1 aromatic carbocycles. The van der Waals surface area contributed by atoms with Crippen molar-refractivity contribution in [1.29, 1.82) is 0 Å². The van der Waals surface area contributed by atoms with Crippen LogP contribution in [0, 0.1) is 6.92 Å². The van der Waals surface area contributed by atoms with Gasteiger partial charge in [-0.25, -0.2) is 4.79 Å². The zero-order valence-corrected chi connectivity index (χ0v) is 11.8. The number of aromatic nitrogens is 1. The van der Waals surface area contributed by atoms with Crippen LogP contribution < -0.4 is 10.6 Å². The number of para-hydroxylation sites is 1. The Bertz CT molecular complexity index is 781.